The Labute approximate surface area is 152 Å². The number of fused-ring (bicyclic) bond motifs is 1. The van der Waals surface area contributed by atoms with Crippen LogP contribution in [0.15, 0.2) is 71.8 Å². The average Bonchev–Trinajstić information content (AvgIpc) is 3.11. The molecule has 0 saturated carbocycles. The number of para-hydroxylation sites is 1. The summed E-state index contributed by atoms with van der Waals surface area (Å²) in [6.07, 6.45) is 1.70. The monoisotopic (exact) mass is 366 g/mol. The number of nitrogens with zero attached hydrogens (tertiary/aromatic N) is 3. The van der Waals surface area contributed by atoms with Gasteiger partial charge in [-0.15, -0.1) is 0 Å². The zero-order chi connectivity index (χ0) is 18.1. The summed E-state index contributed by atoms with van der Waals surface area (Å²) >= 11 is 0. The van der Waals surface area contributed by atoms with Crippen LogP contribution in [-0.4, -0.2) is 26.2 Å². The number of imidazole rings is 1. The lowest BCUT2D eigenvalue weighted by Crippen LogP contribution is -2.21. The van der Waals surface area contributed by atoms with Gasteiger partial charge in [-0.1, -0.05) is 18.2 Å². The Morgan fingerprint density at radius 2 is 1.88 bits per heavy atom. The van der Waals surface area contributed by atoms with E-state index in [1.165, 1.54) is 10.4 Å². The van der Waals surface area contributed by atoms with Crippen LogP contribution in [-0.2, 0) is 11.0 Å². The van der Waals surface area contributed by atoms with Gasteiger partial charge in [-0.2, -0.15) is 0 Å². The van der Waals surface area contributed by atoms with E-state index >= 15 is 0 Å². The van der Waals surface area contributed by atoms with Crippen LogP contribution in [0.25, 0.3) is 22.6 Å². The first kappa shape index (κ1) is 16.4. The molecular weight excluding hydrogens is 351 g/mol. The van der Waals surface area contributed by atoms with Crippen LogP contribution in [0.5, 0.6) is 0 Å². The highest BCUT2D eigenvalue weighted by Crippen LogP contribution is 2.25. The van der Waals surface area contributed by atoms with E-state index in [9.17, 15) is 8.60 Å². The number of hydrogen-bond donors (Lipinski definition) is 1. The van der Waals surface area contributed by atoms with Gasteiger partial charge in [-0.25, -0.2) is 13.6 Å². The molecule has 0 spiro atoms. The van der Waals surface area contributed by atoms with Crippen LogP contribution >= 0.6 is 0 Å². The summed E-state index contributed by atoms with van der Waals surface area (Å²) in [5.41, 5.74) is 2.51. The van der Waals surface area contributed by atoms with Gasteiger partial charge >= 0.3 is 0 Å². The molecule has 0 amide bonds. The predicted octanol–water partition coefficient (Wildman–Crippen LogP) is 3.92. The summed E-state index contributed by atoms with van der Waals surface area (Å²) in [6.45, 7) is 0. The number of halogens is 1. The predicted molar refractivity (Wildman–Crippen MR) is 101 cm³/mol. The first-order valence-electron chi connectivity index (χ1n) is 7.95. The van der Waals surface area contributed by atoms with Crippen LogP contribution in [0, 0.1) is 5.82 Å². The van der Waals surface area contributed by atoms with Crippen molar-refractivity contribution in [1.82, 2.24) is 15.0 Å². The molecule has 2 aromatic heterocycles. The van der Waals surface area contributed by atoms with Crippen molar-refractivity contribution in [3.63, 3.8) is 0 Å². The van der Waals surface area contributed by atoms with Crippen molar-refractivity contribution < 1.29 is 8.60 Å². The maximum Gasteiger partial charge on any atom is 0.157 e. The summed E-state index contributed by atoms with van der Waals surface area (Å²) in [4.78, 5) is 12.5. The van der Waals surface area contributed by atoms with E-state index in [0.29, 0.717) is 10.7 Å². The molecule has 0 aliphatic carbocycles. The average molecular weight is 366 g/mol. The number of hydrogen-bond acceptors (Lipinski definition) is 3. The van der Waals surface area contributed by atoms with Gasteiger partial charge in [0.15, 0.2) is 16.8 Å². The number of nitrogens with one attached hydrogen (secondary N) is 1. The van der Waals surface area contributed by atoms with E-state index in [0.717, 1.165) is 16.7 Å². The Hall–Kier alpha value is -3.06. The van der Waals surface area contributed by atoms with E-state index in [1.54, 1.807) is 49.6 Å². The van der Waals surface area contributed by atoms with E-state index in [-0.39, 0.29) is 5.69 Å². The van der Waals surface area contributed by atoms with Gasteiger partial charge in [0.05, 0.1) is 21.6 Å². The molecular formula is C19H15FN4OS. The number of pyridine rings is 1. The third-order valence-corrected chi connectivity index (χ3v) is 5.35. The third-order valence-electron chi connectivity index (χ3n) is 4.00. The highest BCUT2D eigenvalue weighted by Gasteiger charge is 2.16. The van der Waals surface area contributed by atoms with Crippen LogP contribution < -0.4 is 4.31 Å². The van der Waals surface area contributed by atoms with Crippen molar-refractivity contribution in [1.29, 1.82) is 0 Å². The molecule has 26 heavy (non-hydrogen) atoms. The number of rotatable bonds is 4. The van der Waals surface area contributed by atoms with E-state index in [4.69, 9.17) is 0 Å². The summed E-state index contributed by atoms with van der Waals surface area (Å²) in [5.74, 6) is 0.231. The topological polar surface area (TPSA) is 61.9 Å². The Balaban J connectivity index is 1.69. The summed E-state index contributed by atoms with van der Waals surface area (Å²) in [7, 11) is 0.0514. The molecule has 7 heteroatoms. The Bertz CT molecular complexity index is 1100. The van der Waals surface area contributed by atoms with E-state index in [2.05, 4.69) is 15.0 Å². The molecule has 0 aliphatic heterocycles. The fraction of sp³-hybridized carbons (Fsp3) is 0.0526. The molecule has 0 bridgehead atoms. The van der Waals surface area contributed by atoms with Gasteiger partial charge < -0.3 is 4.98 Å². The molecule has 0 radical (unpaired) electrons. The van der Waals surface area contributed by atoms with Gasteiger partial charge in [0, 0.05) is 13.2 Å². The van der Waals surface area contributed by atoms with Gasteiger partial charge in [-0.3, -0.25) is 9.29 Å². The van der Waals surface area contributed by atoms with Gasteiger partial charge in [0.25, 0.3) is 0 Å². The number of benzene rings is 2. The highest BCUT2D eigenvalue weighted by atomic mass is 32.2. The van der Waals surface area contributed by atoms with Gasteiger partial charge in [0.2, 0.25) is 0 Å². The molecule has 4 aromatic rings. The van der Waals surface area contributed by atoms with E-state index in [1.807, 2.05) is 18.2 Å². The lowest BCUT2D eigenvalue weighted by molar-refractivity contribution is 0.627. The molecule has 2 aromatic carbocycles. The molecule has 5 nitrogen and oxygen atoms in total. The summed E-state index contributed by atoms with van der Waals surface area (Å²) < 4.78 is 28.2. The van der Waals surface area contributed by atoms with Crippen LogP contribution in [0.3, 0.4) is 0 Å². The minimum Gasteiger partial charge on any atom is -0.337 e. The number of aromatic amines is 1. The van der Waals surface area contributed by atoms with Gasteiger partial charge in [0.1, 0.15) is 11.5 Å². The first-order chi connectivity index (χ1) is 12.6. The van der Waals surface area contributed by atoms with Crippen molar-refractivity contribution in [2.24, 2.45) is 0 Å². The molecule has 0 saturated heterocycles. The van der Waals surface area contributed by atoms with Crippen LogP contribution in [0.2, 0.25) is 0 Å². The van der Waals surface area contributed by atoms with Crippen LogP contribution in [0.1, 0.15) is 0 Å². The zero-order valence-corrected chi connectivity index (χ0v) is 14.7. The first-order valence-corrected chi connectivity index (χ1v) is 9.05. The van der Waals surface area contributed by atoms with Crippen molar-refractivity contribution >= 4 is 27.7 Å². The molecule has 130 valence electrons. The van der Waals surface area contributed by atoms with Crippen molar-refractivity contribution in [3.8, 4) is 11.5 Å². The molecule has 1 atom stereocenters. The summed E-state index contributed by atoms with van der Waals surface area (Å²) in [5, 5.41) is 0. The Kier molecular flexibility index (Phi) is 4.22. The second-order valence-electron chi connectivity index (χ2n) is 5.68. The third kappa shape index (κ3) is 2.97. The molecule has 4 rings (SSSR count). The second kappa shape index (κ2) is 6.68. The Morgan fingerprint density at radius 3 is 2.65 bits per heavy atom. The lowest BCUT2D eigenvalue weighted by atomic mass is 10.3. The van der Waals surface area contributed by atoms with Crippen molar-refractivity contribution in [2.45, 2.75) is 4.90 Å². The van der Waals surface area contributed by atoms with Crippen molar-refractivity contribution in [3.05, 3.63) is 72.7 Å². The SMILES string of the molecule is CN(c1ccccc1F)S(=O)c1ccc2nc(-c3ccccn3)[nH]c2c1. The second-order valence-corrected chi connectivity index (χ2v) is 7.19. The fourth-order valence-corrected chi connectivity index (χ4v) is 3.72. The zero-order valence-electron chi connectivity index (χ0n) is 13.9. The number of aromatic nitrogens is 3. The molecule has 1 N–H and O–H groups in total. The normalized spacial score (nSPS) is 12.2. The minimum absolute atomic E-state index is 0.282. The summed E-state index contributed by atoms with van der Waals surface area (Å²) in [6, 6.07) is 17.1. The maximum atomic E-state index is 14.0. The quantitative estimate of drug-likeness (QED) is 0.595. The number of anilines is 1. The van der Waals surface area contributed by atoms with E-state index < -0.39 is 16.8 Å². The molecule has 2 heterocycles. The van der Waals surface area contributed by atoms with Crippen molar-refractivity contribution in [2.75, 3.05) is 11.4 Å². The Morgan fingerprint density at radius 1 is 1.08 bits per heavy atom. The molecule has 1 unspecified atom stereocenters. The van der Waals surface area contributed by atoms with Crippen LogP contribution in [0.4, 0.5) is 10.1 Å². The standard InChI is InChI=1S/C19H15FN4OS/c1-24(18-8-3-2-6-14(18)20)26(25)13-9-10-15-17(12-13)23-19(22-15)16-7-4-5-11-21-16/h2-12H,1H3,(H,22,23). The fourth-order valence-electron chi connectivity index (χ4n) is 2.68. The maximum absolute atomic E-state index is 14.0. The largest absolute Gasteiger partial charge is 0.337 e. The molecule has 0 fully saturated rings. The minimum atomic E-state index is -1.55. The number of H-pyrrole nitrogens is 1. The molecule has 0 aliphatic rings. The van der Waals surface area contributed by atoms with Gasteiger partial charge in [-0.05, 0) is 42.5 Å². The smallest absolute Gasteiger partial charge is 0.157 e. The highest BCUT2D eigenvalue weighted by molar-refractivity contribution is 7.86. The lowest BCUT2D eigenvalue weighted by Gasteiger charge is -2.18.